The van der Waals surface area contributed by atoms with E-state index in [0.717, 1.165) is 10.6 Å². The second kappa shape index (κ2) is 13.7. The first-order chi connectivity index (χ1) is 19.5. The van der Waals surface area contributed by atoms with Gasteiger partial charge in [-0.2, -0.15) is 0 Å². The zero-order valence-electron chi connectivity index (χ0n) is 21.3. The van der Waals surface area contributed by atoms with Crippen molar-refractivity contribution < 1.29 is 38.9 Å². The second-order valence-corrected chi connectivity index (χ2v) is 25.0. The quantitative estimate of drug-likeness (QED) is 0.0670. The van der Waals surface area contributed by atoms with Gasteiger partial charge in [-0.1, -0.05) is 33.8 Å². The molecule has 0 aromatic heterocycles. The van der Waals surface area contributed by atoms with Crippen LogP contribution in [0.1, 0.15) is 30.1 Å². The Bertz CT molecular complexity index is 1510. The number of hydrogen-bond acceptors (Lipinski definition) is 12. The molecule has 1 fully saturated rings. The monoisotopic (exact) mass is 652 g/mol. The number of aromatic hydroxyl groups is 1. The first kappa shape index (κ1) is 30.8. The SMILES string of the molecule is CC(=O)Nc1ccc(OC(=O)CCCO[N+](=O)[O-])c(C(=O)Oc2ccc(P3SP(=S)(c4ccc(O)cc4)S3)cc2)c1. The van der Waals surface area contributed by atoms with Gasteiger partial charge in [-0.15, -0.1) is 10.1 Å². The molecule has 16 heteroatoms. The van der Waals surface area contributed by atoms with Gasteiger partial charge in [0.2, 0.25) is 5.91 Å². The van der Waals surface area contributed by atoms with Gasteiger partial charge in [-0.25, -0.2) is 4.79 Å². The third-order valence-corrected chi connectivity index (χ3v) is 30.3. The van der Waals surface area contributed by atoms with Crippen LogP contribution in [-0.2, 0) is 26.2 Å². The molecule has 0 spiro atoms. The standard InChI is InChI=1S/C25H22N2O9P2S3/c1-16(28)26-17-4-13-23(36-24(30)3-2-14-34-27(32)33)22(15-17)25(31)35-19-7-9-20(10-8-19)37-40-38(39,41-37)21-11-5-18(29)6-12-21/h4-13,15,29H,2-3,14H2,1H3,(H,26,28). The minimum Gasteiger partial charge on any atom is -0.508 e. The molecule has 11 nitrogen and oxygen atoms in total. The van der Waals surface area contributed by atoms with Crippen LogP contribution in [0, 0.1) is 10.1 Å². The van der Waals surface area contributed by atoms with Gasteiger partial charge >= 0.3 is 11.9 Å². The van der Waals surface area contributed by atoms with Gasteiger partial charge in [-0.05, 0) is 78.5 Å². The van der Waals surface area contributed by atoms with Crippen LogP contribution in [0.3, 0.4) is 0 Å². The number of carbonyl (C=O) groups is 3. The molecule has 1 aliphatic heterocycles. The Hall–Kier alpha value is -3.15. The molecule has 0 bridgehead atoms. The molecular formula is C25H22N2O9P2S3. The summed E-state index contributed by atoms with van der Waals surface area (Å²) in [4.78, 5) is 51.3. The van der Waals surface area contributed by atoms with Crippen LogP contribution in [-0.4, -0.2) is 34.6 Å². The molecule has 214 valence electrons. The van der Waals surface area contributed by atoms with E-state index >= 15 is 0 Å². The lowest BCUT2D eigenvalue weighted by atomic mass is 10.1. The fourth-order valence-electron chi connectivity index (χ4n) is 3.41. The minimum absolute atomic E-state index is 0.0402. The van der Waals surface area contributed by atoms with Gasteiger partial charge in [0.15, 0.2) is 0 Å². The molecule has 3 aromatic carbocycles. The summed E-state index contributed by atoms with van der Waals surface area (Å²) in [5, 5.41) is 23.5. The lowest BCUT2D eigenvalue weighted by molar-refractivity contribution is -0.757. The number of carbonyl (C=O) groups excluding carboxylic acids is 3. The Balaban J connectivity index is 1.41. The van der Waals surface area contributed by atoms with E-state index in [1.54, 1.807) is 46.3 Å². The molecule has 1 amide bonds. The van der Waals surface area contributed by atoms with E-state index in [4.69, 9.17) is 21.3 Å². The summed E-state index contributed by atoms with van der Waals surface area (Å²) in [6.45, 7) is 1.03. The molecule has 41 heavy (non-hydrogen) atoms. The smallest absolute Gasteiger partial charge is 0.347 e. The van der Waals surface area contributed by atoms with E-state index in [2.05, 4.69) is 10.2 Å². The average Bonchev–Trinajstić information content (AvgIpc) is 2.90. The molecular weight excluding hydrogens is 630 g/mol. The van der Waals surface area contributed by atoms with Crippen LogP contribution in [0.15, 0.2) is 66.7 Å². The Morgan fingerprint density at radius 2 is 1.73 bits per heavy atom. The molecule has 3 aromatic rings. The largest absolute Gasteiger partial charge is 0.508 e. The van der Waals surface area contributed by atoms with Gasteiger partial charge in [0.1, 0.15) is 22.8 Å². The molecule has 0 aliphatic carbocycles. The van der Waals surface area contributed by atoms with Crippen molar-refractivity contribution in [3.63, 3.8) is 0 Å². The van der Waals surface area contributed by atoms with E-state index in [0.29, 0.717) is 5.69 Å². The number of nitrogens with zero attached hydrogens (tertiary/aromatic N) is 1. The summed E-state index contributed by atoms with van der Waals surface area (Å²) in [5.74, 6) is -1.53. The second-order valence-electron chi connectivity index (χ2n) is 8.34. The van der Waals surface area contributed by atoms with E-state index in [1.807, 2.05) is 24.3 Å². The normalized spacial score (nSPS) is 17.5. The summed E-state index contributed by atoms with van der Waals surface area (Å²) in [5.41, 5.74) is 0.199. The number of hydrogen-bond donors (Lipinski definition) is 2. The zero-order chi connectivity index (χ0) is 29.6. The van der Waals surface area contributed by atoms with Crippen molar-refractivity contribution >= 4 is 78.7 Å². The fraction of sp³-hybridized carbons (Fsp3) is 0.160. The number of amides is 1. The predicted molar refractivity (Wildman–Crippen MR) is 164 cm³/mol. The molecule has 1 heterocycles. The predicted octanol–water partition coefficient (Wildman–Crippen LogP) is 5.52. The maximum atomic E-state index is 13.1. The molecule has 0 unspecified atom stereocenters. The van der Waals surface area contributed by atoms with E-state index in [1.165, 1.54) is 25.1 Å². The van der Waals surface area contributed by atoms with Crippen molar-refractivity contribution in [3.05, 3.63) is 82.4 Å². The Morgan fingerprint density at radius 1 is 1.05 bits per heavy atom. The van der Waals surface area contributed by atoms with Crippen LogP contribution in [0.2, 0.25) is 0 Å². The van der Waals surface area contributed by atoms with Crippen LogP contribution >= 0.6 is 32.8 Å². The van der Waals surface area contributed by atoms with Crippen LogP contribution in [0.4, 0.5) is 5.69 Å². The molecule has 0 radical (unpaired) electrons. The fourth-order valence-corrected chi connectivity index (χ4v) is 29.4. The maximum Gasteiger partial charge on any atom is 0.347 e. The average molecular weight is 653 g/mol. The molecule has 0 atom stereocenters. The number of anilines is 1. The minimum atomic E-state index is -1.82. The highest BCUT2D eigenvalue weighted by Crippen LogP contribution is 2.99. The number of esters is 2. The number of ether oxygens (including phenoxy) is 2. The highest BCUT2D eigenvalue weighted by molar-refractivity contribution is 9.43. The lowest BCUT2D eigenvalue weighted by Crippen LogP contribution is -2.16. The lowest BCUT2D eigenvalue weighted by Gasteiger charge is -2.37. The van der Waals surface area contributed by atoms with Crippen molar-refractivity contribution in [1.82, 2.24) is 0 Å². The number of phenols is 1. The van der Waals surface area contributed by atoms with Gasteiger partial charge in [0, 0.05) is 24.3 Å². The van der Waals surface area contributed by atoms with Crippen LogP contribution in [0.25, 0.3) is 0 Å². The Morgan fingerprint density at radius 3 is 2.37 bits per heavy atom. The van der Waals surface area contributed by atoms with Crippen LogP contribution < -0.4 is 25.4 Å². The highest BCUT2D eigenvalue weighted by atomic mass is 33.7. The number of benzene rings is 3. The molecule has 1 saturated heterocycles. The third kappa shape index (κ3) is 8.43. The first-order valence-electron chi connectivity index (χ1n) is 11.8. The van der Waals surface area contributed by atoms with E-state index in [9.17, 15) is 29.6 Å². The van der Waals surface area contributed by atoms with E-state index in [-0.39, 0.29) is 48.2 Å². The Labute approximate surface area is 248 Å². The van der Waals surface area contributed by atoms with Gasteiger partial charge in [0.05, 0.1) is 17.4 Å². The topological polar surface area (TPSA) is 154 Å². The Kier molecular flexibility index (Phi) is 10.3. The molecule has 1 aliphatic rings. The van der Waals surface area contributed by atoms with Gasteiger partial charge < -0.3 is 24.7 Å². The van der Waals surface area contributed by atoms with Gasteiger partial charge in [-0.3, -0.25) is 9.59 Å². The number of nitrogens with one attached hydrogen (secondary N) is 1. The van der Waals surface area contributed by atoms with Crippen molar-refractivity contribution in [2.24, 2.45) is 0 Å². The van der Waals surface area contributed by atoms with Crippen molar-refractivity contribution in [3.8, 4) is 17.2 Å². The van der Waals surface area contributed by atoms with Crippen molar-refractivity contribution in [2.75, 3.05) is 11.9 Å². The van der Waals surface area contributed by atoms with Gasteiger partial charge in [0.25, 0.3) is 5.09 Å². The summed E-state index contributed by atoms with van der Waals surface area (Å²) in [6.07, 6.45) is -0.739. The summed E-state index contributed by atoms with van der Waals surface area (Å²) in [7, 11) is 0. The molecule has 4 rings (SSSR count). The molecule has 2 N–H and O–H groups in total. The van der Waals surface area contributed by atoms with Crippen molar-refractivity contribution in [1.29, 1.82) is 0 Å². The number of phenolic OH excluding ortho intramolecular Hbond substituents is 1. The summed E-state index contributed by atoms with van der Waals surface area (Å²) >= 11 is 9.41. The summed E-state index contributed by atoms with van der Waals surface area (Å²) in [6, 6.07) is 18.2. The highest BCUT2D eigenvalue weighted by Gasteiger charge is 2.40. The maximum absolute atomic E-state index is 13.1. The van der Waals surface area contributed by atoms with E-state index < -0.39 is 27.8 Å². The zero-order valence-corrected chi connectivity index (χ0v) is 25.5. The van der Waals surface area contributed by atoms with Crippen molar-refractivity contribution in [2.45, 2.75) is 19.8 Å². The third-order valence-electron chi connectivity index (χ3n) is 5.25. The van der Waals surface area contributed by atoms with Crippen LogP contribution in [0.5, 0.6) is 17.2 Å². The molecule has 0 saturated carbocycles. The number of rotatable bonds is 11. The summed E-state index contributed by atoms with van der Waals surface area (Å²) < 4.78 is 9.02. The first-order valence-corrected chi connectivity index (χ1v) is 20.0.